The molecule has 1 aliphatic rings. The van der Waals surface area contributed by atoms with E-state index in [-0.39, 0.29) is 11.6 Å². The molecule has 0 bridgehead atoms. The number of methoxy groups -OCH3 is 2. The number of esters is 1. The number of H-pyrrole nitrogens is 1. The highest BCUT2D eigenvalue weighted by Gasteiger charge is 2.26. The standard InChI is InChI=1S/C19H25N3O4/c1-12-6-5-9-22(10-12)11-15(23)21-17-16-13(7-4-8-14(16)25-2)20-18(17)19(24)26-3/h4,7-8,12,20H,5-6,9-11H2,1-3H3,(H,21,23)/p+1/t12-/m0/s1. The van der Waals surface area contributed by atoms with E-state index in [0.717, 1.165) is 19.5 Å². The van der Waals surface area contributed by atoms with E-state index in [0.29, 0.717) is 34.8 Å². The number of rotatable bonds is 5. The number of carbonyl (C=O) groups is 2. The minimum atomic E-state index is -0.530. The van der Waals surface area contributed by atoms with Gasteiger partial charge in [-0.25, -0.2) is 4.79 Å². The highest BCUT2D eigenvalue weighted by atomic mass is 16.5. The summed E-state index contributed by atoms with van der Waals surface area (Å²) in [6.07, 6.45) is 2.36. The van der Waals surface area contributed by atoms with Crippen LogP contribution in [0.1, 0.15) is 30.3 Å². The number of aromatic amines is 1. The molecule has 26 heavy (non-hydrogen) atoms. The Morgan fingerprint density at radius 3 is 2.85 bits per heavy atom. The smallest absolute Gasteiger partial charge is 0.356 e. The molecule has 0 radical (unpaired) electrons. The second kappa shape index (κ2) is 7.78. The number of nitrogens with one attached hydrogen (secondary N) is 3. The van der Waals surface area contributed by atoms with Crippen LogP contribution in [0.2, 0.25) is 0 Å². The number of likely N-dealkylation sites (tertiary alicyclic amines) is 1. The molecular formula is C19H26N3O4+. The molecule has 2 heterocycles. The first-order chi connectivity index (χ1) is 12.5. The summed E-state index contributed by atoms with van der Waals surface area (Å²) in [5.41, 5.74) is 1.35. The van der Waals surface area contributed by atoms with E-state index in [2.05, 4.69) is 17.2 Å². The second-order valence-corrected chi connectivity index (χ2v) is 6.93. The van der Waals surface area contributed by atoms with Crippen molar-refractivity contribution in [2.24, 2.45) is 5.92 Å². The van der Waals surface area contributed by atoms with Crippen molar-refractivity contribution in [3.05, 3.63) is 23.9 Å². The van der Waals surface area contributed by atoms with Gasteiger partial charge in [0, 0.05) is 5.92 Å². The molecule has 1 aromatic carbocycles. The summed E-state index contributed by atoms with van der Waals surface area (Å²) in [6, 6.07) is 5.45. The molecule has 1 unspecified atom stereocenters. The summed E-state index contributed by atoms with van der Waals surface area (Å²) in [7, 11) is 2.88. The highest BCUT2D eigenvalue weighted by Crippen LogP contribution is 2.35. The van der Waals surface area contributed by atoms with Crippen molar-refractivity contribution >= 4 is 28.5 Å². The number of quaternary nitrogens is 1. The topological polar surface area (TPSA) is 84.9 Å². The van der Waals surface area contributed by atoms with Crippen LogP contribution in [0, 0.1) is 5.92 Å². The van der Waals surface area contributed by atoms with Crippen LogP contribution in [-0.2, 0) is 9.53 Å². The molecule has 1 aliphatic heterocycles. The summed E-state index contributed by atoms with van der Waals surface area (Å²) >= 11 is 0. The molecule has 3 rings (SSSR count). The number of carbonyl (C=O) groups excluding carboxylic acids is 2. The molecule has 0 saturated carbocycles. The lowest BCUT2D eigenvalue weighted by Crippen LogP contribution is -3.14. The fraction of sp³-hybridized carbons (Fsp3) is 0.474. The third kappa shape index (κ3) is 3.67. The summed E-state index contributed by atoms with van der Waals surface area (Å²) in [6.45, 7) is 4.59. The highest BCUT2D eigenvalue weighted by molar-refractivity contribution is 6.13. The van der Waals surface area contributed by atoms with Crippen molar-refractivity contribution in [1.82, 2.24) is 4.98 Å². The molecule has 2 atom stereocenters. The van der Waals surface area contributed by atoms with Crippen LogP contribution >= 0.6 is 0 Å². The third-order valence-electron chi connectivity index (χ3n) is 4.93. The predicted octanol–water partition coefficient (Wildman–Crippen LogP) is 1.22. The van der Waals surface area contributed by atoms with E-state index in [9.17, 15) is 9.59 Å². The maximum Gasteiger partial charge on any atom is 0.356 e. The van der Waals surface area contributed by atoms with Gasteiger partial charge in [-0.15, -0.1) is 0 Å². The van der Waals surface area contributed by atoms with E-state index < -0.39 is 5.97 Å². The Morgan fingerprint density at radius 2 is 2.15 bits per heavy atom. The largest absolute Gasteiger partial charge is 0.496 e. The van der Waals surface area contributed by atoms with E-state index in [1.54, 1.807) is 13.2 Å². The van der Waals surface area contributed by atoms with Gasteiger partial charge in [-0.3, -0.25) is 4.79 Å². The maximum absolute atomic E-state index is 12.7. The normalized spacial score (nSPS) is 20.0. The van der Waals surface area contributed by atoms with Crippen molar-refractivity contribution in [3.8, 4) is 5.75 Å². The molecule has 3 N–H and O–H groups in total. The first-order valence-electron chi connectivity index (χ1n) is 8.94. The Morgan fingerprint density at radius 1 is 1.35 bits per heavy atom. The fourth-order valence-electron chi connectivity index (χ4n) is 3.73. The van der Waals surface area contributed by atoms with Gasteiger partial charge in [0.05, 0.1) is 43.9 Å². The van der Waals surface area contributed by atoms with Crippen LogP contribution in [0.5, 0.6) is 5.75 Å². The number of hydrogen-bond donors (Lipinski definition) is 3. The van der Waals surface area contributed by atoms with Crippen molar-refractivity contribution in [2.75, 3.05) is 39.2 Å². The minimum absolute atomic E-state index is 0.119. The Labute approximate surface area is 152 Å². The average molecular weight is 360 g/mol. The van der Waals surface area contributed by atoms with Gasteiger partial charge < -0.3 is 24.7 Å². The lowest BCUT2D eigenvalue weighted by Gasteiger charge is -2.27. The monoisotopic (exact) mass is 360 g/mol. The Balaban J connectivity index is 1.89. The van der Waals surface area contributed by atoms with E-state index >= 15 is 0 Å². The zero-order valence-electron chi connectivity index (χ0n) is 15.5. The molecule has 7 heteroatoms. The number of fused-ring (bicyclic) bond motifs is 1. The Hall–Kier alpha value is -2.54. The molecule has 1 amide bonds. The van der Waals surface area contributed by atoms with Crippen LogP contribution in [-0.4, -0.2) is 50.7 Å². The molecular weight excluding hydrogens is 334 g/mol. The summed E-state index contributed by atoms with van der Waals surface area (Å²) < 4.78 is 10.3. The van der Waals surface area contributed by atoms with Crippen molar-refractivity contribution in [3.63, 3.8) is 0 Å². The quantitative estimate of drug-likeness (QED) is 0.700. The second-order valence-electron chi connectivity index (χ2n) is 6.93. The summed E-state index contributed by atoms with van der Waals surface area (Å²) in [4.78, 5) is 29.1. The number of aromatic nitrogens is 1. The van der Waals surface area contributed by atoms with Gasteiger partial charge in [0.15, 0.2) is 6.54 Å². The molecule has 7 nitrogen and oxygen atoms in total. The summed E-state index contributed by atoms with van der Waals surface area (Å²) in [5, 5.41) is 3.59. The third-order valence-corrected chi connectivity index (χ3v) is 4.93. The number of hydrogen-bond acceptors (Lipinski definition) is 4. The van der Waals surface area contributed by atoms with Gasteiger partial charge in [0.25, 0.3) is 5.91 Å². The van der Waals surface area contributed by atoms with Gasteiger partial charge in [-0.1, -0.05) is 13.0 Å². The number of ether oxygens (including phenoxy) is 2. The van der Waals surface area contributed by atoms with Gasteiger partial charge >= 0.3 is 5.97 Å². The minimum Gasteiger partial charge on any atom is -0.496 e. The SMILES string of the molecule is COC(=O)c1[nH]c2cccc(OC)c2c1NC(=O)C[NH+]1CCC[C@H](C)C1. The van der Waals surface area contributed by atoms with Crippen LogP contribution in [0.15, 0.2) is 18.2 Å². The Kier molecular flexibility index (Phi) is 5.46. The van der Waals surface area contributed by atoms with Crippen LogP contribution in [0.3, 0.4) is 0 Å². The van der Waals surface area contributed by atoms with Crippen molar-refractivity contribution in [1.29, 1.82) is 0 Å². The van der Waals surface area contributed by atoms with Crippen LogP contribution in [0.4, 0.5) is 5.69 Å². The van der Waals surface area contributed by atoms with Crippen LogP contribution < -0.4 is 15.0 Å². The maximum atomic E-state index is 12.7. The van der Waals surface area contributed by atoms with Gasteiger partial charge in [-0.05, 0) is 25.0 Å². The van der Waals surface area contributed by atoms with Crippen molar-refractivity contribution < 1.29 is 24.0 Å². The molecule has 2 aromatic rings. The van der Waals surface area contributed by atoms with Gasteiger partial charge in [0.2, 0.25) is 0 Å². The summed E-state index contributed by atoms with van der Waals surface area (Å²) in [5.74, 6) is 0.567. The van der Waals surface area contributed by atoms with Gasteiger partial charge in [-0.2, -0.15) is 0 Å². The Bertz CT molecular complexity index is 814. The number of benzene rings is 1. The van der Waals surface area contributed by atoms with E-state index in [1.165, 1.54) is 18.4 Å². The van der Waals surface area contributed by atoms with Gasteiger partial charge in [0.1, 0.15) is 11.4 Å². The predicted molar refractivity (Wildman–Crippen MR) is 98.8 cm³/mol. The molecule has 0 spiro atoms. The molecule has 1 fully saturated rings. The first kappa shape index (κ1) is 18.3. The lowest BCUT2D eigenvalue weighted by molar-refractivity contribution is -0.900. The number of piperidine rings is 1. The molecule has 140 valence electrons. The zero-order valence-corrected chi connectivity index (χ0v) is 15.5. The van der Waals surface area contributed by atoms with E-state index in [1.807, 2.05) is 12.1 Å². The van der Waals surface area contributed by atoms with E-state index in [4.69, 9.17) is 9.47 Å². The molecule has 1 saturated heterocycles. The number of amides is 1. The van der Waals surface area contributed by atoms with Crippen LogP contribution in [0.25, 0.3) is 10.9 Å². The molecule has 0 aliphatic carbocycles. The lowest BCUT2D eigenvalue weighted by atomic mass is 10.0. The number of anilines is 1. The first-order valence-corrected chi connectivity index (χ1v) is 8.94. The average Bonchev–Trinajstić information content (AvgIpc) is 2.99. The zero-order chi connectivity index (χ0) is 18.7. The van der Waals surface area contributed by atoms with Crippen molar-refractivity contribution in [2.45, 2.75) is 19.8 Å². The fourth-order valence-corrected chi connectivity index (χ4v) is 3.73. The molecule has 1 aromatic heterocycles.